The third-order valence-electron chi connectivity index (χ3n) is 5.49. The SMILES string of the molecule is CCCCC(NC(=O)c1oc2c(c1C)C(=O)CC(C)(C)C2)C(=O)Nc1ccccc1. The lowest BCUT2D eigenvalue weighted by molar-refractivity contribution is -0.118. The highest BCUT2D eigenvalue weighted by Crippen LogP contribution is 2.38. The van der Waals surface area contributed by atoms with E-state index in [9.17, 15) is 14.4 Å². The van der Waals surface area contributed by atoms with Gasteiger partial charge in [-0.2, -0.15) is 0 Å². The minimum atomic E-state index is -0.689. The Morgan fingerprint density at radius 2 is 1.87 bits per heavy atom. The fourth-order valence-corrected chi connectivity index (χ4v) is 3.95. The van der Waals surface area contributed by atoms with E-state index in [1.165, 1.54) is 0 Å². The molecule has 1 heterocycles. The van der Waals surface area contributed by atoms with Crippen LogP contribution in [0, 0.1) is 12.3 Å². The lowest BCUT2D eigenvalue weighted by atomic mass is 9.76. The van der Waals surface area contributed by atoms with Gasteiger partial charge in [0, 0.05) is 24.1 Å². The summed E-state index contributed by atoms with van der Waals surface area (Å²) in [7, 11) is 0. The van der Waals surface area contributed by atoms with E-state index in [4.69, 9.17) is 4.42 Å². The van der Waals surface area contributed by atoms with Crippen molar-refractivity contribution in [3.63, 3.8) is 0 Å². The second-order valence-electron chi connectivity index (χ2n) is 8.82. The van der Waals surface area contributed by atoms with Crippen LogP contribution in [0.25, 0.3) is 0 Å². The van der Waals surface area contributed by atoms with E-state index >= 15 is 0 Å². The van der Waals surface area contributed by atoms with E-state index in [1.807, 2.05) is 39.0 Å². The topological polar surface area (TPSA) is 88.4 Å². The summed E-state index contributed by atoms with van der Waals surface area (Å²) in [6.45, 7) is 7.80. The average Bonchev–Trinajstić information content (AvgIpc) is 3.01. The van der Waals surface area contributed by atoms with Crippen molar-refractivity contribution in [3.8, 4) is 0 Å². The number of carbonyl (C=O) groups excluding carboxylic acids is 3. The van der Waals surface area contributed by atoms with Gasteiger partial charge in [0.1, 0.15) is 11.8 Å². The van der Waals surface area contributed by atoms with Crippen LogP contribution >= 0.6 is 0 Å². The number of unbranched alkanes of at least 4 members (excludes halogenated alkanes) is 1. The largest absolute Gasteiger partial charge is 0.455 e. The second-order valence-corrected chi connectivity index (χ2v) is 8.82. The number of nitrogens with one attached hydrogen (secondary N) is 2. The number of anilines is 1. The smallest absolute Gasteiger partial charge is 0.287 e. The molecule has 0 spiro atoms. The van der Waals surface area contributed by atoms with Gasteiger partial charge >= 0.3 is 0 Å². The molecular formula is C24H30N2O4. The van der Waals surface area contributed by atoms with Crippen LogP contribution in [0.2, 0.25) is 0 Å². The number of furan rings is 1. The van der Waals surface area contributed by atoms with Crippen molar-refractivity contribution in [1.82, 2.24) is 5.32 Å². The number of hydrogen-bond acceptors (Lipinski definition) is 4. The number of amides is 2. The van der Waals surface area contributed by atoms with E-state index in [0.717, 1.165) is 12.8 Å². The monoisotopic (exact) mass is 410 g/mol. The Kier molecular flexibility index (Phi) is 6.44. The third-order valence-corrected chi connectivity index (χ3v) is 5.49. The first-order valence-electron chi connectivity index (χ1n) is 10.5. The molecule has 0 saturated heterocycles. The molecule has 2 N–H and O–H groups in total. The van der Waals surface area contributed by atoms with Crippen LogP contribution < -0.4 is 10.6 Å². The van der Waals surface area contributed by atoms with E-state index < -0.39 is 11.9 Å². The van der Waals surface area contributed by atoms with E-state index in [2.05, 4.69) is 10.6 Å². The molecule has 2 amide bonds. The first kappa shape index (κ1) is 21.8. The van der Waals surface area contributed by atoms with Gasteiger partial charge in [0.2, 0.25) is 5.91 Å². The Balaban J connectivity index is 1.79. The zero-order chi connectivity index (χ0) is 21.9. The lowest BCUT2D eigenvalue weighted by Gasteiger charge is -2.27. The second kappa shape index (κ2) is 8.86. The molecule has 1 atom stereocenters. The summed E-state index contributed by atoms with van der Waals surface area (Å²) in [6.07, 6.45) is 3.26. The molecule has 0 saturated carbocycles. The molecule has 2 aromatic rings. The number of hydrogen-bond donors (Lipinski definition) is 2. The van der Waals surface area contributed by atoms with Gasteiger partial charge in [-0.3, -0.25) is 14.4 Å². The maximum atomic E-state index is 13.0. The molecule has 0 bridgehead atoms. The number of Topliss-reactive ketones (excluding diaryl/α,β-unsaturated/α-hetero) is 1. The Morgan fingerprint density at radius 1 is 1.17 bits per heavy atom. The first-order valence-corrected chi connectivity index (χ1v) is 10.5. The zero-order valence-electron chi connectivity index (χ0n) is 18.1. The molecule has 0 fully saturated rings. The van der Waals surface area contributed by atoms with E-state index in [-0.39, 0.29) is 22.9 Å². The molecule has 0 radical (unpaired) electrons. The quantitative estimate of drug-likeness (QED) is 0.694. The molecule has 3 rings (SSSR count). The van der Waals surface area contributed by atoms with Crippen LogP contribution in [-0.4, -0.2) is 23.6 Å². The van der Waals surface area contributed by atoms with Gasteiger partial charge in [-0.15, -0.1) is 0 Å². The standard InChI is InChI=1S/C24H30N2O4/c1-5-6-12-17(22(28)25-16-10-8-7-9-11-16)26-23(29)21-15(2)20-18(27)13-24(3,4)14-19(20)30-21/h7-11,17H,5-6,12-14H2,1-4H3,(H,25,28)(H,26,29). The highest BCUT2D eigenvalue weighted by molar-refractivity contribution is 6.05. The van der Waals surface area contributed by atoms with Crippen LogP contribution in [0.3, 0.4) is 0 Å². The average molecular weight is 411 g/mol. The van der Waals surface area contributed by atoms with Gasteiger partial charge in [-0.05, 0) is 30.9 Å². The molecule has 160 valence electrons. The van der Waals surface area contributed by atoms with Gasteiger partial charge in [0.05, 0.1) is 5.56 Å². The Bertz CT molecular complexity index is 944. The first-order chi connectivity index (χ1) is 14.2. The number of carbonyl (C=O) groups is 3. The molecule has 1 aromatic heterocycles. The summed E-state index contributed by atoms with van der Waals surface area (Å²) in [6, 6.07) is 8.46. The Labute approximate surface area is 177 Å². The van der Waals surface area contributed by atoms with E-state index in [1.54, 1.807) is 19.1 Å². The van der Waals surface area contributed by atoms with Crippen molar-refractivity contribution in [3.05, 3.63) is 53.0 Å². The van der Waals surface area contributed by atoms with Gasteiger partial charge in [0.15, 0.2) is 11.5 Å². The van der Waals surface area contributed by atoms with Crippen LogP contribution in [0.15, 0.2) is 34.7 Å². The molecule has 1 aliphatic rings. The summed E-state index contributed by atoms with van der Waals surface area (Å²) in [5, 5.41) is 5.67. The summed E-state index contributed by atoms with van der Waals surface area (Å²) >= 11 is 0. The molecule has 0 aliphatic heterocycles. The molecule has 1 unspecified atom stereocenters. The van der Waals surface area contributed by atoms with Crippen molar-refractivity contribution >= 4 is 23.3 Å². The van der Waals surface area contributed by atoms with Crippen molar-refractivity contribution in [2.45, 2.75) is 65.8 Å². The molecule has 1 aliphatic carbocycles. The predicted molar refractivity (Wildman–Crippen MR) is 116 cm³/mol. The van der Waals surface area contributed by atoms with Crippen molar-refractivity contribution in [2.75, 3.05) is 5.32 Å². The van der Waals surface area contributed by atoms with Crippen molar-refractivity contribution in [2.24, 2.45) is 5.41 Å². The maximum absolute atomic E-state index is 13.0. The van der Waals surface area contributed by atoms with Gasteiger partial charge < -0.3 is 15.1 Å². The van der Waals surface area contributed by atoms with Crippen LogP contribution in [0.4, 0.5) is 5.69 Å². The fraction of sp³-hybridized carbons (Fsp3) is 0.458. The number of ketones is 1. The number of benzene rings is 1. The molecule has 6 nitrogen and oxygen atoms in total. The van der Waals surface area contributed by atoms with Crippen molar-refractivity contribution in [1.29, 1.82) is 0 Å². The van der Waals surface area contributed by atoms with Gasteiger partial charge in [-0.1, -0.05) is 51.8 Å². The van der Waals surface area contributed by atoms with Crippen LogP contribution in [-0.2, 0) is 11.2 Å². The van der Waals surface area contributed by atoms with Gasteiger partial charge in [0.25, 0.3) is 5.91 Å². The number of para-hydroxylation sites is 1. The lowest BCUT2D eigenvalue weighted by Crippen LogP contribution is -2.43. The predicted octanol–water partition coefficient (Wildman–Crippen LogP) is 4.67. The maximum Gasteiger partial charge on any atom is 0.287 e. The molecule has 1 aromatic carbocycles. The van der Waals surface area contributed by atoms with Crippen LogP contribution in [0.1, 0.15) is 78.7 Å². The van der Waals surface area contributed by atoms with Crippen LogP contribution in [0.5, 0.6) is 0 Å². The third kappa shape index (κ3) is 4.81. The highest BCUT2D eigenvalue weighted by atomic mass is 16.4. The molecule has 30 heavy (non-hydrogen) atoms. The summed E-state index contributed by atoms with van der Waals surface area (Å²) in [4.78, 5) is 38.4. The normalized spacial score (nSPS) is 15.9. The highest BCUT2D eigenvalue weighted by Gasteiger charge is 2.37. The molecular weight excluding hydrogens is 380 g/mol. The zero-order valence-corrected chi connectivity index (χ0v) is 18.1. The van der Waals surface area contributed by atoms with E-state index in [0.29, 0.717) is 41.8 Å². The summed E-state index contributed by atoms with van der Waals surface area (Å²) in [5.41, 5.74) is 1.57. The Morgan fingerprint density at radius 3 is 2.53 bits per heavy atom. The fourth-order valence-electron chi connectivity index (χ4n) is 3.95. The number of fused-ring (bicyclic) bond motifs is 1. The Hall–Kier alpha value is -2.89. The molecule has 6 heteroatoms. The minimum absolute atomic E-state index is 0.00547. The summed E-state index contributed by atoms with van der Waals surface area (Å²) < 4.78 is 5.84. The summed E-state index contributed by atoms with van der Waals surface area (Å²) in [5.74, 6) is -0.0327. The van der Waals surface area contributed by atoms with Crippen molar-refractivity contribution < 1.29 is 18.8 Å². The number of rotatable bonds is 7. The van der Waals surface area contributed by atoms with Gasteiger partial charge in [-0.25, -0.2) is 0 Å². The minimum Gasteiger partial charge on any atom is -0.455 e.